The van der Waals surface area contributed by atoms with Crippen molar-refractivity contribution in [2.75, 3.05) is 19.0 Å². The van der Waals surface area contributed by atoms with Gasteiger partial charge in [-0.3, -0.25) is 19.7 Å². The maximum atomic E-state index is 12.5. The molecule has 0 fully saturated rings. The fourth-order valence-electron chi connectivity index (χ4n) is 2.51. The molecule has 33 heavy (non-hydrogen) atoms. The predicted molar refractivity (Wildman–Crippen MR) is 116 cm³/mol. The van der Waals surface area contributed by atoms with Crippen molar-refractivity contribution in [3.8, 4) is 5.75 Å². The minimum absolute atomic E-state index is 0.0386. The van der Waals surface area contributed by atoms with Gasteiger partial charge in [-0.1, -0.05) is 11.6 Å². The van der Waals surface area contributed by atoms with Gasteiger partial charge in [-0.15, -0.1) is 0 Å². The Hall–Kier alpha value is -3.26. The van der Waals surface area contributed by atoms with Gasteiger partial charge in [-0.25, -0.2) is 8.42 Å². The van der Waals surface area contributed by atoms with Gasteiger partial charge in [0.2, 0.25) is 10.0 Å². The van der Waals surface area contributed by atoms with Crippen LogP contribution in [0.5, 0.6) is 5.75 Å². The summed E-state index contributed by atoms with van der Waals surface area (Å²) in [5, 5.41) is 23.4. The molecule has 0 heterocycles. The number of carbonyl (C=O) groups is 2. The van der Waals surface area contributed by atoms with Crippen molar-refractivity contribution in [2.45, 2.75) is 24.0 Å². The Morgan fingerprint density at radius 2 is 1.85 bits per heavy atom. The van der Waals surface area contributed by atoms with E-state index in [1.807, 2.05) is 4.72 Å². The van der Waals surface area contributed by atoms with Crippen LogP contribution in [-0.2, 0) is 24.3 Å². The van der Waals surface area contributed by atoms with Crippen molar-refractivity contribution in [3.05, 3.63) is 57.6 Å². The second-order valence-electron chi connectivity index (χ2n) is 6.59. The molecule has 178 valence electrons. The molecule has 2 aromatic carbocycles. The average molecular weight is 502 g/mol. The molecule has 0 unspecified atom stereocenters. The van der Waals surface area contributed by atoms with Gasteiger partial charge in [0.1, 0.15) is 11.8 Å². The third kappa shape index (κ3) is 7.12. The number of carbonyl (C=O) groups excluding carboxylic acids is 2. The summed E-state index contributed by atoms with van der Waals surface area (Å²) in [5.74, 6) is -1.98. The first kappa shape index (κ1) is 26.0. The average Bonchev–Trinajstić information content (AvgIpc) is 2.75. The number of anilines is 1. The molecule has 0 radical (unpaired) electrons. The number of ether oxygens (including phenoxy) is 2. The van der Waals surface area contributed by atoms with Crippen molar-refractivity contribution in [2.24, 2.45) is 0 Å². The van der Waals surface area contributed by atoms with Crippen molar-refractivity contribution in [1.29, 1.82) is 0 Å². The van der Waals surface area contributed by atoms with E-state index in [1.165, 1.54) is 43.5 Å². The number of amides is 1. The highest BCUT2D eigenvalue weighted by Gasteiger charge is 2.31. The smallest absolute Gasteiger partial charge is 0.327 e. The van der Waals surface area contributed by atoms with E-state index in [2.05, 4.69) is 5.32 Å². The summed E-state index contributed by atoms with van der Waals surface area (Å²) >= 11 is 5.73. The lowest BCUT2D eigenvalue weighted by Gasteiger charge is -2.20. The number of sulfonamides is 1. The van der Waals surface area contributed by atoms with Crippen molar-refractivity contribution < 1.29 is 37.5 Å². The standard InChI is InChI=1S/C19H20ClN3O9S/c1-11(24)18(22-33(29,30)14-6-3-12(20)4-7-14)19(26)32-10-17(25)21-15-9-13(23(27)28)5-8-16(15)31-2/h3-9,11,18,22,24H,10H2,1-2H3,(H,21,25)/t11-,18-/m1/s1. The van der Waals surface area contributed by atoms with Crippen molar-refractivity contribution in [1.82, 2.24) is 4.72 Å². The number of hydrogen-bond acceptors (Lipinski definition) is 9. The number of halogens is 1. The van der Waals surface area contributed by atoms with Gasteiger partial charge in [0.15, 0.2) is 6.61 Å². The summed E-state index contributed by atoms with van der Waals surface area (Å²) in [6, 6.07) is 6.85. The number of nitrogens with one attached hydrogen (secondary N) is 2. The van der Waals surface area contributed by atoms with Crippen LogP contribution in [0.2, 0.25) is 5.02 Å². The maximum absolute atomic E-state index is 12.5. The van der Waals surface area contributed by atoms with E-state index < -0.39 is 45.6 Å². The number of esters is 1. The van der Waals surface area contributed by atoms with Gasteiger partial charge >= 0.3 is 5.97 Å². The summed E-state index contributed by atoms with van der Waals surface area (Å²) < 4.78 is 36.8. The molecule has 12 nitrogen and oxygen atoms in total. The molecule has 3 N–H and O–H groups in total. The number of rotatable bonds is 10. The molecule has 0 spiro atoms. The molecular formula is C19H20ClN3O9S. The van der Waals surface area contributed by atoms with E-state index in [0.29, 0.717) is 5.02 Å². The van der Waals surface area contributed by atoms with Gasteiger partial charge in [0.05, 0.1) is 28.7 Å². The molecule has 0 saturated heterocycles. The van der Waals surface area contributed by atoms with E-state index in [4.69, 9.17) is 21.1 Å². The summed E-state index contributed by atoms with van der Waals surface area (Å²) in [7, 11) is -2.94. The van der Waals surface area contributed by atoms with Gasteiger partial charge in [0, 0.05) is 17.2 Å². The van der Waals surface area contributed by atoms with Crippen molar-refractivity contribution in [3.63, 3.8) is 0 Å². The van der Waals surface area contributed by atoms with E-state index >= 15 is 0 Å². The molecule has 2 aromatic rings. The Morgan fingerprint density at radius 1 is 1.21 bits per heavy atom. The molecular weight excluding hydrogens is 482 g/mol. The molecule has 14 heteroatoms. The highest BCUT2D eigenvalue weighted by Crippen LogP contribution is 2.28. The van der Waals surface area contributed by atoms with Gasteiger partial charge in [-0.05, 0) is 37.3 Å². The van der Waals surface area contributed by atoms with Crippen molar-refractivity contribution >= 4 is 44.9 Å². The van der Waals surface area contributed by atoms with E-state index in [0.717, 1.165) is 13.0 Å². The molecule has 2 rings (SSSR count). The van der Waals surface area contributed by atoms with E-state index in [9.17, 15) is 33.2 Å². The Balaban J connectivity index is 2.06. The Labute approximate surface area is 193 Å². The fourth-order valence-corrected chi connectivity index (χ4v) is 3.90. The predicted octanol–water partition coefficient (Wildman–Crippen LogP) is 1.47. The van der Waals surface area contributed by atoms with Gasteiger partial charge in [-0.2, -0.15) is 4.72 Å². The number of nitro benzene ring substituents is 1. The topological polar surface area (TPSA) is 174 Å². The molecule has 0 saturated carbocycles. The van der Waals surface area contributed by atoms with Crippen LogP contribution in [0.15, 0.2) is 47.4 Å². The summed E-state index contributed by atoms with van der Waals surface area (Å²) in [5.41, 5.74) is -0.350. The van der Waals surface area contributed by atoms with Crippen LogP contribution in [0.3, 0.4) is 0 Å². The molecule has 0 aromatic heterocycles. The molecule has 2 atom stereocenters. The highest BCUT2D eigenvalue weighted by atomic mass is 35.5. The largest absolute Gasteiger partial charge is 0.495 e. The number of methoxy groups -OCH3 is 1. The van der Waals surface area contributed by atoms with E-state index in [-0.39, 0.29) is 22.0 Å². The normalized spacial score (nSPS) is 13.0. The fraction of sp³-hybridized carbons (Fsp3) is 0.263. The van der Waals surface area contributed by atoms with Crippen LogP contribution in [0, 0.1) is 10.1 Å². The minimum atomic E-state index is -4.23. The Bertz CT molecular complexity index is 1140. The van der Waals surface area contributed by atoms with Gasteiger partial charge in [0.25, 0.3) is 11.6 Å². The number of non-ortho nitro benzene ring substituents is 1. The van der Waals surface area contributed by atoms with Gasteiger partial charge < -0.3 is 19.9 Å². The monoisotopic (exact) mass is 501 g/mol. The number of nitro groups is 1. The quantitative estimate of drug-likeness (QED) is 0.247. The molecule has 0 bridgehead atoms. The third-order valence-electron chi connectivity index (χ3n) is 4.16. The number of aliphatic hydroxyl groups is 1. The summed E-state index contributed by atoms with van der Waals surface area (Å²) in [6.07, 6.45) is -1.50. The zero-order valence-electron chi connectivity index (χ0n) is 17.3. The Kier molecular flexibility index (Phi) is 8.70. The highest BCUT2D eigenvalue weighted by molar-refractivity contribution is 7.89. The molecule has 0 aliphatic rings. The molecule has 1 amide bonds. The zero-order chi connectivity index (χ0) is 24.8. The number of nitrogens with zero attached hydrogens (tertiary/aromatic N) is 1. The second-order valence-corrected chi connectivity index (χ2v) is 8.74. The summed E-state index contributed by atoms with van der Waals surface area (Å²) in [6.45, 7) is 0.293. The maximum Gasteiger partial charge on any atom is 0.327 e. The lowest BCUT2D eigenvalue weighted by molar-refractivity contribution is -0.384. The number of hydrogen-bond donors (Lipinski definition) is 3. The Morgan fingerprint density at radius 3 is 2.39 bits per heavy atom. The van der Waals surface area contributed by atoms with Crippen LogP contribution in [0.25, 0.3) is 0 Å². The zero-order valence-corrected chi connectivity index (χ0v) is 18.9. The van der Waals surface area contributed by atoms with E-state index in [1.54, 1.807) is 0 Å². The van der Waals surface area contributed by atoms with Crippen LogP contribution < -0.4 is 14.8 Å². The second kappa shape index (κ2) is 11.0. The molecule has 0 aliphatic heterocycles. The first-order chi connectivity index (χ1) is 15.4. The molecule has 0 aliphatic carbocycles. The van der Waals surface area contributed by atoms with Crippen LogP contribution >= 0.6 is 11.6 Å². The summed E-state index contributed by atoms with van der Waals surface area (Å²) in [4.78, 5) is 34.6. The minimum Gasteiger partial charge on any atom is -0.495 e. The van der Waals surface area contributed by atoms with Crippen LogP contribution in [0.1, 0.15) is 6.92 Å². The first-order valence-electron chi connectivity index (χ1n) is 9.19. The third-order valence-corrected chi connectivity index (χ3v) is 5.86. The lowest BCUT2D eigenvalue weighted by atomic mass is 10.2. The number of benzene rings is 2. The SMILES string of the molecule is COc1ccc([N+](=O)[O-])cc1NC(=O)COC(=O)[C@H](NS(=O)(=O)c1ccc(Cl)cc1)[C@@H](C)O. The van der Waals surface area contributed by atoms with Crippen LogP contribution in [0.4, 0.5) is 11.4 Å². The van der Waals surface area contributed by atoms with Crippen LogP contribution in [-0.4, -0.2) is 56.2 Å². The lowest BCUT2D eigenvalue weighted by Crippen LogP contribution is -2.48. The number of aliphatic hydroxyl groups excluding tert-OH is 1. The first-order valence-corrected chi connectivity index (χ1v) is 11.1.